The Morgan fingerprint density at radius 3 is 2.42 bits per heavy atom. The zero-order chi connectivity index (χ0) is 18.5. The van der Waals surface area contributed by atoms with E-state index in [1.165, 1.54) is 5.56 Å². The fourth-order valence-electron chi connectivity index (χ4n) is 3.18. The van der Waals surface area contributed by atoms with E-state index in [4.69, 9.17) is 11.6 Å². The van der Waals surface area contributed by atoms with E-state index < -0.39 is 0 Å². The molecule has 2 atom stereocenters. The standard InChI is InChI=1S/C20H25ClN4O/c1-25(2)13-15-5-3-14(4-6-15)11-22-20(26)18-12-23-24-19(18)16-7-9-17(21)10-8-16/h3-10,18-19,23-24H,11-13H2,1-2H3,(H,22,26). The highest BCUT2D eigenvalue weighted by molar-refractivity contribution is 6.30. The van der Waals surface area contributed by atoms with Gasteiger partial charge in [-0.25, -0.2) is 5.43 Å². The molecule has 6 heteroatoms. The quantitative estimate of drug-likeness (QED) is 0.729. The molecule has 2 unspecified atom stereocenters. The van der Waals surface area contributed by atoms with E-state index in [-0.39, 0.29) is 17.9 Å². The Morgan fingerprint density at radius 1 is 1.12 bits per heavy atom. The molecule has 1 heterocycles. The summed E-state index contributed by atoms with van der Waals surface area (Å²) in [5, 5.41) is 3.75. The molecule has 0 spiro atoms. The van der Waals surface area contributed by atoms with Crippen molar-refractivity contribution in [3.63, 3.8) is 0 Å². The van der Waals surface area contributed by atoms with E-state index in [0.29, 0.717) is 18.1 Å². The highest BCUT2D eigenvalue weighted by Crippen LogP contribution is 2.26. The third kappa shape index (κ3) is 4.83. The summed E-state index contributed by atoms with van der Waals surface area (Å²) in [7, 11) is 4.10. The number of benzene rings is 2. The molecule has 3 N–H and O–H groups in total. The summed E-state index contributed by atoms with van der Waals surface area (Å²) in [4.78, 5) is 14.8. The molecule has 1 aliphatic rings. The minimum atomic E-state index is -0.163. The topological polar surface area (TPSA) is 56.4 Å². The van der Waals surface area contributed by atoms with Crippen molar-refractivity contribution in [2.24, 2.45) is 5.92 Å². The van der Waals surface area contributed by atoms with Crippen LogP contribution in [0.2, 0.25) is 5.02 Å². The Kier molecular flexibility index (Phi) is 6.27. The van der Waals surface area contributed by atoms with Crippen LogP contribution < -0.4 is 16.2 Å². The smallest absolute Gasteiger partial charge is 0.226 e. The number of nitrogens with one attached hydrogen (secondary N) is 3. The Balaban J connectivity index is 1.58. The van der Waals surface area contributed by atoms with Gasteiger partial charge in [-0.15, -0.1) is 0 Å². The molecular formula is C20H25ClN4O. The molecule has 1 saturated heterocycles. The summed E-state index contributed by atoms with van der Waals surface area (Å²) in [5.74, 6) is -0.121. The van der Waals surface area contributed by atoms with Crippen LogP contribution in [0, 0.1) is 5.92 Å². The predicted molar refractivity (Wildman–Crippen MR) is 105 cm³/mol. The number of amides is 1. The second-order valence-electron chi connectivity index (χ2n) is 6.93. The van der Waals surface area contributed by atoms with Crippen molar-refractivity contribution < 1.29 is 4.79 Å². The Hall–Kier alpha value is -1.92. The van der Waals surface area contributed by atoms with E-state index in [2.05, 4.69) is 59.4 Å². The third-order valence-electron chi connectivity index (χ3n) is 4.54. The van der Waals surface area contributed by atoms with Crippen molar-refractivity contribution in [2.75, 3.05) is 20.6 Å². The number of carbonyl (C=O) groups excluding carboxylic acids is 1. The maximum atomic E-state index is 12.7. The van der Waals surface area contributed by atoms with E-state index >= 15 is 0 Å². The maximum Gasteiger partial charge on any atom is 0.226 e. The van der Waals surface area contributed by atoms with Crippen LogP contribution in [0.15, 0.2) is 48.5 Å². The minimum absolute atomic E-state index is 0.0415. The lowest BCUT2D eigenvalue weighted by molar-refractivity contribution is -0.125. The normalized spacial score (nSPS) is 19.7. The molecule has 0 saturated carbocycles. The van der Waals surface area contributed by atoms with Gasteiger partial charge in [0.25, 0.3) is 0 Å². The number of nitrogens with zero attached hydrogens (tertiary/aromatic N) is 1. The summed E-state index contributed by atoms with van der Waals surface area (Å²) in [6, 6.07) is 15.9. The third-order valence-corrected chi connectivity index (χ3v) is 4.79. The first-order valence-corrected chi connectivity index (χ1v) is 9.15. The molecule has 138 valence electrons. The van der Waals surface area contributed by atoms with E-state index in [0.717, 1.165) is 17.7 Å². The molecule has 3 rings (SSSR count). The van der Waals surface area contributed by atoms with Crippen LogP contribution in [0.1, 0.15) is 22.7 Å². The van der Waals surface area contributed by atoms with Gasteiger partial charge in [-0.3, -0.25) is 10.2 Å². The molecule has 5 nitrogen and oxygen atoms in total. The molecule has 0 radical (unpaired) electrons. The van der Waals surface area contributed by atoms with E-state index in [9.17, 15) is 4.79 Å². The van der Waals surface area contributed by atoms with Gasteiger partial charge in [-0.1, -0.05) is 48.0 Å². The molecule has 1 aliphatic heterocycles. The first kappa shape index (κ1) is 18.9. The van der Waals surface area contributed by atoms with Crippen molar-refractivity contribution in [1.82, 2.24) is 21.1 Å². The fourth-order valence-corrected chi connectivity index (χ4v) is 3.30. The average molecular weight is 373 g/mol. The Labute approximate surface area is 159 Å². The lowest BCUT2D eigenvalue weighted by atomic mass is 9.94. The monoisotopic (exact) mass is 372 g/mol. The zero-order valence-electron chi connectivity index (χ0n) is 15.1. The summed E-state index contributed by atoms with van der Waals surface area (Å²) in [6.45, 7) is 2.04. The van der Waals surface area contributed by atoms with Crippen molar-refractivity contribution in [3.8, 4) is 0 Å². The van der Waals surface area contributed by atoms with Crippen molar-refractivity contribution in [3.05, 3.63) is 70.2 Å². The van der Waals surface area contributed by atoms with Gasteiger partial charge in [0, 0.05) is 24.7 Å². The molecule has 0 aromatic heterocycles. The highest BCUT2D eigenvalue weighted by Gasteiger charge is 2.33. The second-order valence-corrected chi connectivity index (χ2v) is 7.37. The van der Waals surface area contributed by atoms with Gasteiger partial charge in [0.05, 0.1) is 12.0 Å². The average Bonchev–Trinajstić information content (AvgIpc) is 3.11. The SMILES string of the molecule is CN(C)Cc1ccc(CNC(=O)C2CNNC2c2ccc(Cl)cc2)cc1. The number of carbonyl (C=O) groups is 1. The van der Waals surface area contributed by atoms with E-state index in [1.54, 1.807) is 0 Å². The minimum Gasteiger partial charge on any atom is -0.352 e. The lowest BCUT2D eigenvalue weighted by Gasteiger charge is -2.18. The lowest BCUT2D eigenvalue weighted by Crippen LogP contribution is -2.34. The molecule has 0 aliphatic carbocycles. The van der Waals surface area contributed by atoms with Crippen LogP contribution in [-0.4, -0.2) is 31.4 Å². The molecule has 1 amide bonds. The number of rotatable bonds is 6. The fraction of sp³-hybridized carbons (Fsp3) is 0.350. The van der Waals surface area contributed by atoms with E-state index in [1.807, 2.05) is 24.3 Å². The van der Waals surface area contributed by atoms with Gasteiger partial charge < -0.3 is 10.2 Å². The summed E-state index contributed by atoms with van der Waals surface area (Å²) in [5.41, 5.74) is 9.69. The molecule has 1 fully saturated rings. The summed E-state index contributed by atoms with van der Waals surface area (Å²) >= 11 is 5.96. The first-order valence-electron chi connectivity index (χ1n) is 8.77. The molecule has 2 aromatic rings. The molecule has 0 bridgehead atoms. The first-order chi connectivity index (χ1) is 12.5. The van der Waals surface area contributed by atoms with Crippen LogP contribution in [0.25, 0.3) is 0 Å². The number of halogens is 1. The van der Waals surface area contributed by atoms with Crippen LogP contribution in [0.4, 0.5) is 0 Å². The largest absolute Gasteiger partial charge is 0.352 e. The second kappa shape index (κ2) is 8.64. The van der Waals surface area contributed by atoms with Crippen molar-refractivity contribution in [1.29, 1.82) is 0 Å². The van der Waals surface area contributed by atoms with Gasteiger partial charge in [-0.2, -0.15) is 0 Å². The van der Waals surface area contributed by atoms with Gasteiger partial charge >= 0.3 is 0 Å². The van der Waals surface area contributed by atoms with Crippen LogP contribution >= 0.6 is 11.6 Å². The predicted octanol–water partition coefficient (Wildman–Crippen LogP) is 2.48. The van der Waals surface area contributed by atoms with Gasteiger partial charge in [0.15, 0.2) is 0 Å². The summed E-state index contributed by atoms with van der Waals surface area (Å²) in [6.07, 6.45) is 0. The number of hydrazine groups is 1. The Morgan fingerprint density at radius 2 is 1.77 bits per heavy atom. The van der Waals surface area contributed by atoms with Crippen molar-refractivity contribution in [2.45, 2.75) is 19.1 Å². The van der Waals surface area contributed by atoms with Crippen LogP contribution in [-0.2, 0) is 17.9 Å². The summed E-state index contributed by atoms with van der Waals surface area (Å²) < 4.78 is 0. The molecule has 26 heavy (non-hydrogen) atoms. The highest BCUT2D eigenvalue weighted by atomic mass is 35.5. The maximum absolute atomic E-state index is 12.7. The molecular weight excluding hydrogens is 348 g/mol. The van der Waals surface area contributed by atoms with Gasteiger partial charge in [0.1, 0.15) is 0 Å². The van der Waals surface area contributed by atoms with Gasteiger partial charge in [-0.05, 0) is 42.9 Å². The number of hydrogen-bond donors (Lipinski definition) is 3. The molecule has 2 aromatic carbocycles. The van der Waals surface area contributed by atoms with Crippen LogP contribution in [0.5, 0.6) is 0 Å². The Bertz CT molecular complexity index is 730. The van der Waals surface area contributed by atoms with Crippen molar-refractivity contribution >= 4 is 17.5 Å². The van der Waals surface area contributed by atoms with Gasteiger partial charge in [0.2, 0.25) is 5.91 Å². The zero-order valence-corrected chi connectivity index (χ0v) is 15.9. The van der Waals surface area contributed by atoms with Crippen LogP contribution in [0.3, 0.4) is 0 Å². The number of hydrogen-bond acceptors (Lipinski definition) is 4.